The first-order valence-electron chi connectivity index (χ1n) is 12.7. The molecular formula is C29H37N5O2S. The summed E-state index contributed by atoms with van der Waals surface area (Å²) in [6.07, 6.45) is 3.86. The maximum atomic E-state index is 13.2. The number of benzene rings is 2. The molecule has 37 heavy (non-hydrogen) atoms. The number of ether oxygens (including phenoxy) is 1. The van der Waals surface area contributed by atoms with Crippen molar-refractivity contribution in [2.45, 2.75) is 52.3 Å². The van der Waals surface area contributed by atoms with Gasteiger partial charge >= 0.3 is 0 Å². The van der Waals surface area contributed by atoms with Crippen LogP contribution in [-0.4, -0.2) is 30.1 Å². The van der Waals surface area contributed by atoms with Gasteiger partial charge in [-0.2, -0.15) is 0 Å². The van der Waals surface area contributed by atoms with E-state index < -0.39 is 0 Å². The molecule has 8 heteroatoms. The van der Waals surface area contributed by atoms with Crippen LogP contribution in [0.25, 0.3) is 10.4 Å². The fourth-order valence-corrected chi connectivity index (χ4v) is 5.46. The highest BCUT2D eigenvalue weighted by Gasteiger charge is 2.18. The van der Waals surface area contributed by atoms with Gasteiger partial charge in [0.1, 0.15) is 11.9 Å². The van der Waals surface area contributed by atoms with Crippen molar-refractivity contribution in [3.63, 3.8) is 0 Å². The summed E-state index contributed by atoms with van der Waals surface area (Å²) in [6.45, 7) is 8.29. The molecule has 1 aliphatic heterocycles. The van der Waals surface area contributed by atoms with Crippen LogP contribution in [0.4, 0.5) is 0 Å². The average molecular weight is 520 g/mol. The fourth-order valence-electron chi connectivity index (χ4n) is 4.45. The summed E-state index contributed by atoms with van der Waals surface area (Å²) in [5.41, 5.74) is 10.1. The number of nitrogens with one attached hydrogen (secondary N) is 2. The van der Waals surface area contributed by atoms with E-state index in [1.165, 1.54) is 0 Å². The van der Waals surface area contributed by atoms with Crippen LogP contribution < -0.4 is 26.9 Å². The zero-order chi connectivity index (χ0) is 26.4. The van der Waals surface area contributed by atoms with Crippen molar-refractivity contribution in [2.75, 3.05) is 13.1 Å². The van der Waals surface area contributed by atoms with Crippen LogP contribution in [0.3, 0.4) is 0 Å². The smallest absolute Gasteiger partial charge is 0.252 e. The Labute approximate surface area is 223 Å². The zero-order valence-corrected chi connectivity index (χ0v) is 22.6. The van der Waals surface area contributed by atoms with Gasteiger partial charge < -0.3 is 26.1 Å². The quantitative estimate of drug-likeness (QED) is 0.238. The lowest BCUT2D eigenvalue weighted by Gasteiger charge is -2.24. The number of thiophene rings is 1. The summed E-state index contributed by atoms with van der Waals surface area (Å²) >= 11 is 1.69. The van der Waals surface area contributed by atoms with E-state index in [4.69, 9.17) is 16.3 Å². The Balaban J connectivity index is 1.43. The van der Waals surface area contributed by atoms with Gasteiger partial charge in [0, 0.05) is 27.2 Å². The number of nitrogens with zero attached hydrogens (tertiary/aromatic N) is 1. The molecule has 3 aromatic rings. The number of hydrogen-bond donors (Lipinski definition) is 4. The Morgan fingerprint density at radius 1 is 1.22 bits per heavy atom. The molecule has 1 saturated heterocycles. The molecule has 1 amide bonds. The van der Waals surface area contributed by atoms with E-state index in [0.717, 1.165) is 58.1 Å². The zero-order valence-electron chi connectivity index (χ0n) is 21.8. The molecule has 2 heterocycles. The second kappa shape index (κ2) is 12.3. The number of nitrogens with two attached hydrogens (primary N) is 2. The molecule has 196 valence electrons. The maximum absolute atomic E-state index is 13.2. The topological polar surface area (TPSA) is 106 Å². The first-order valence-corrected chi connectivity index (χ1v) is 13.5. The Morgan fingerprint density at radius 2 is 2.00 bits per heavy atom. The van der Waals surface area contributed by atoms with Crippen LogP contribution in [0.5, 0.6) is 5.75 Å². The molecule has 1 fully saturated rings. The number of rotatable bonds is 9. The summed E-state index contributed by atoms with van der Waals surface area (Å²) in [5.74, 6) is 6.66. The monoisotopic (exact) mass is 519 g/mol. The van der Waals surface area contributed by atoms with Crippen LogP contribution >= 0.6 is 11.3 Å². The highest BCUT2D eigenvalue weighted by Crippen LogP contribution is 2.31. The number of carbonyl (C=O) groups is 1. The van der Waals surface area contributed by atoms with E-state index in [0.29, 0.717) is 17.8 Å². The largest absolute Gasteiger partial charge is 0.490 e. The van der Waals surface area contributed by atoms with E-state index in [1.54, 1.807) is 22.5 Å². The van der Waals surface area contributed by atoms with Gasteiger partial charge in [0.15, 0.2) is 0 Å². The summed E-state index contributed by atoms with van der Waals surface area (Å²) in [7, 11) is 0. The van der Waals surface area contributed by atoms with Gasteiger partial charge in [0.2, 0.25) is 0 Å². The number of allylic oxidation sites excluding steroid dienone is 1. The molecule has 0 saturated carbocycles. The van der Waals surface area contributed by atoms with E-state index in [-0.39, 0.29) is 18.1 Å². The number of carbonyl (C=O) groups excluding carboxylic acids is 1. The third-order valence-electron chi connectivity index (χ3n) is 6.43. The van der Waals surface area contributed by atoms with Gasteiger partial charge in [-0.1, -0.05) is 24.3 Å². The first-order chi connectivity index (χ1) is 17.8. The standard InChI is InChI=1S/C29H37N5O2S/c1-19-7-8-25(36-24-11-13-32-14-12-24)16-27(19)29(35)33-21(3)22-5-4-6-23(15-22)28-10-9-26(37-28)18-34(31)17-20(2)30/h4-10,15-17,21,24,32H,11-14,18,30-31H2,1-3H3,(H,33,35)/b20-17-. The van der Waals surface area contributed by atoms with E-state index in [2.05, 4.69) is 34.9 Å². The van der Waals surface area contributed by atoms with E-state index in [9.17, 15) is 4.79 Å². The predicted octanol–water partition coefficient (Wildman–Crippen LogP) is 4.84. The van der Waals surface area contributed by atoms with Crippen molar-refractivity contribution < 1.29 is 9.53 Å². The molecule has 0 bridgehead atoms. The van der Waals surface area contributed by atoms with Gasteiger partial charge in [-0.05, 0) is 93.7 Å². The van der Waals surface area contributed by atoms with E-state index in [1.807, 2.05) is 51.1 Å². The van der Waals surface area contributed by atoms with Gasteiger partial charge in [0.25, 0.3) is 5.91 Å². The number of aryl methyl sites for hydroxylation is 1. The average Bonchev–Trinajstić information content (AvgIpc) is 3.33. The van der Waals surface area contributed by atoms with Gasteiger partial charge in [-0.25, -0.2) is 5.84 Å². The molecule has 4 rings (SSSR count). The fraction of sp³-hybridized carbons (Fsp3) is 0.345. The van der Waals surface area contributed by atoms with Crippen molar-refractivity contribution in [1.82, 2.24) is 15.6 Å². The Hall–Kier alpha value is -3.33. The molecule has 7 nitrogen and oxygen atoms in total. The lowest BCUT2D eigenvalue weighted by atomic mass is 10.0. The number of hydrazine groups is 1. The summed E-state index contributed by atoms with van der Waals surface area (Å²) in [5, 5.41) is 8.11. The number of amides is 1. The maximum Gasteiger partial charge on any atom is 0.252 e. The van der Waals surface area contributed by atoms with Crippen molar-refractivity contribution in [1.29, 1.82) is 0 Å². The molecule has 0 spiro atoms. The van der Waals surface area contributed by atoms with Gasteiger partial charge in [-0.15, -0.1) is 11.3 Å². The molecule has 1 atom stereocenters. The molecule has 1 aliphatic rings. The predicted molar refractivity (Wildman–Crippen MR) is 151 cm³/mol. The first kappa shape index (κ1) is 26.7. The summed E-state index contributed by atoms with van der Waals surface area (Å²) < 4.78 is 6.16. The van der Waals surface area contributed by atoms with Gasteiger partial charge in [-0.3, -0.25) is 4.79 Å². The molecule has 2 aromatic carbocycles. The second-order valence-corrected chi connectivity index (χ2v) is 10.8. The molecule has 0 radical (unpaired) electrons. The lowest BCUT2D eigenvalue weighted by Crippen LogP contribution is -2.34. The number of piperidine rings is 1. The Bertz CT molecular complexity index is 1240. The normalized spacial score (nSPS) is 15.3. The van der Waals surface area contributed by atoms with E-state index >= 15 is 0 Å². The molecular weight excluding hydrogens is 482 g/mol. The van der Waals surface area contributed by atoms with Crippen LogP contribution in [0.1, 0.15) is 59.1 Å². The van der Waals surface area contributed by atoms with Crippen LogP contribution in [0, 0.1) is 6.92 Å². The highest BCUT2D eigenvalue weighted by molar-refractivity contribution is 7.15. The third-order valence-corrected chi connectivity index (χ3v) is 7.55. The van der Waals surface area contributed by atoms with Gasteiger partial charge in [0.05, 0.1) is 12.6 Å². The van der Waals surface area contributed by atoms with Crippen LogP contribution in [-0.2, 0) is 6.54 Å². The Morgan fingerprint density at radius 3 is 2.76 bits per heavy atom. The summed E-state index contributed by atoms with van der Waals surface area (Å²) in [6, 6.07) is 18.1. The van der Waals surface area contributed by atoms with Crippen molar-refractivity contribution in [2.24, 2.45) is 11.6 Å². The SMILES string of the molecule is C/C(N)=C/N(N)Cc1ccc(-c2cccc(C(C)NC(=O)c3cc(OC4CCNCC4)ccc3C)c2)s1. The lowest BCUT2D eigenvalue weighted by molar-refractivity contribution is 0.0938. The number of hydrogen-bond acceptors (Lipinski definition) is 7. The minimum absolute atomic E-state index is 0.101. The molecule has 0 aliphatic carbocycles. The Kier molecular flexibility index (Phi) is 8.87. The third kappa shape index (κ3) is 7.35. The minimum Gasteiger partial charge on any atom is -0.490 e. The summed E-state index contributed by atoms with van der Waals surface area (Å²) in [4.78, 5) is 15.5. The molecule has 6 N–H and O–H groups in total. The van der Waals surface area contributed by atoms with Crippen LogP contribution in [0.2, 0.25) is 0 Å². The van der Waals surface area contributed by atoms with Crippen molar-refractivity contribution >= 4 is 17.2 Å². The highest BCUT2D eigenvalue weighted by atomic mass is 32.1. The molecule has 1 unspecified atom stereocenters. The van der Waals surface area contributed by atoms with Crippen molar-refractivity contribution in [3.8, 4) is 16.2 Å². The second-order valence-electron chi connectivity index (χ2n) is 9.68. The molecule has 1 aromatic heterocycles. The van der Waals surface area contributed by atoms with Crippen LogP contribution in [0.15, 0.2) is 66.5 Å². The minimum atomic E-state index is -0.155. The van der Waals surface area contributed by atoms with Crippen molar-refractivity contribution in [3.05, 3.63) is 88.1 Å².